The van der Waals surface area contributed by atoms with Gasteiger partial charge in [0.25, 0.3) is 0 Å². The molecule has 2 fully saturated rings. The predicted octanol–water partition coefficient (Wildman–Crippen LogP) is 3.25. The topological polar surface area (TPSA) is 102 Å². The smallest absolute Gasteiger partial charge is 0.338 e. The summed E-state index contributed by atoms with van der Waals surface area (Å²) in [5.41, 5.74) is 1.37. The lowest BCUT2D eigenvalue weighted by atomic mass is 9.90. The van der Waals surface area contributed by atoms with Gasteiger partial charge in [-0.15, -0.1) is 11.3 Å². The summed E-state index contributed by atoms with van der Waals surface area (Å²) in [6.45, 7) is 2.75. The number of hydrogen-bond donors (Lipinski definition) is 1. The lowest BCUT2D eigenvalue weighted by Gasteiger charge is -2.48. The van der Waals surface area contributed by atoms with Gasteiger partial charge in [-0.25, -0.2) is 14.2 Å². The quantitative estimate of drug-likeness (QED) is 0.549. The lowest BCUT2D eigenvalue weighted by molar-refractivity contribution is -0.158. The van der Waals surface area contributed by atoms with Crippen LogP contribution >= 0.6 is 22.9 Å². The molecule has 0 saturated carbocycles. The van der Waals surface area contributed by atoms with Crippen molar-refractivity contribution in [1.29, 1.82) is 0 Å². The van der Waals surface area contributed by atoms with Crippen molar-refractivity contribution in [2.24, 2.45) is 4.99 Å². The number of hydrogen-bond acceptors (Lipinski definition) is 10. The minimum absolute atomic E-state index is 0.0138. The van der Waals surface area contributed by atoms with Gasteiger partial charge in [0, 0.05) is 66.3 Å². The van der Waals surface area contributed by atoms with E-state index in [2.05, 4.69) is 15.2 Å². The highest BCUT2D eigenvalue weighted by molar-refractivity contribution is 7.11. The number of morpholine rings is 1. The second-order valence-corrected chi connectivity index (χ2v) is 10.4. The van der Waals surface area contributed by atoms with Crippen LogP contribution in [-0.2, 0) is 23.8 Å². The number of ether oxygens (including phenoxy) is 3. The number of aliphatic imine (C=N–C) groups is 1. The number of thiazole rings is 1. The highest BCUT2D eigenvalue weighted by Crippen LogP contribution is 2.38. The summed E-state index contributed by atoms with van der Waals surface area (Å²) in [6.07, 6.45) is 2.74. The highest BCUT2D eigenvalue weighted by atomic mass is 35.5. The Morgan fingerprint density at radius 1 is 1.30 bits per heavy atom. The number of esters is 2. The molecule has 0 amide bonds. The Labute approximate surface area is 222 Å². The van der Waals surface area contributed by atoms with E-state index in [0.717, 1.165) is 0 Å². The summed E-state index contributed by atoms with van der Waals surface area (Å²) in [4.78, 5) is 36.2. The molecule has 2 bridgehead atoms. The van der Waals surface area contributed by atoms with Gasteiger partial charge in [-0.05, 0) is 12.1 Å². The zero-order valence-corrected chi connectivity index (χ0v) is 21.9. The molecule has 0 spiro atoms. The van der Waals surface area contributed by atoms with Crippen LogP contribution < -0.4 is 5.32 Å². The standard InChI is InChI=1S/C25H26ClFN4O5S/c1-13(32)36-17-8-15-11-35-12-16(9-17)31(15)10-20-21(25(33)34-2)22(18-4-3-14(27)7-19(18)26)30-23(29-20)24-28-5-6-37-24/h3-7,15-17,22H,8-12H2,1-2H3,(H,29,30). The van der Waals surface area contributed by atoms with Crippen LogP contribution in [0.3, 0.4) is 0 Å². The van der Waals surface area contributed by atoms with E-state index in [4.69, 9.17) is 30.8 Å². The normalized spacial score (nSPS) is 25.8. The third-order valence-electron chi connectivity index (χ3n) is 6.73. The monoisotopic (exact) mass is 548 g/mol. The Kier molecular flexibility index (Phi) is 7.57. The maximum atomic E-state index is 13.9. The average Bonchev–Trinajstić information content (AvgIpc) is 3.38. The first kappa shape index (κ1) is 25.8. The summed E-state index contributed by atoms with van der Waals surface area (Å²) in [5, 5.41) is 5.95. The van der Waals surface area contributed by atoms with Gasteiger partial charge in [-0.1, -0.05) is 17.7 Å². The van der Waals surface area contributed by atoms with Gasteiger partial charge in [0.2, 0.25) is 0 Å². The Hall–Kier alpha value is -2.86. The fraction of sp³-hybridized carbons (Fsp3) is 0.440. The molecule has 12 heteroatoms. The summed E-state index contributed by atoms with van der Waals surface area (Å²) in [6, 6.07) is 3.17. The summed E-state index contributed by atoms with van der Waals surface area (Å²) < 4.78 is 30.4. The number of halogens is 2. The van der Waals surface area contributed by atoms with E-state index in [1.165, 1.54) is 43.6 Å². The molecule has 3 aliphatic rings. The molecule has 9 nitrogen and oxygen atoms in total. The summed E-state index contributed by atoms with van der Waals surface area (Å²) >= 11 is 7.84. The molecule has 4 heterocycles. The third-order valence-corrected chi connectivity index (χ3v) is 7.83. The Morgan fingerprint density at radius 2 is 2.05 bits per heavy atom. The molecule has 196 valence electrons. The van der Waals surface area contributed by atoms with Crippen molar-refractivity contribution in [3.63, 3.8) is 0 Å². The number of carbonyl (C=O) groups is 2. The Morgan fingerprint density at radius 3 is 2.68 bits per heavy atom. The molecule has 3 aliphatic heterocycles. The van der Waals surface area contributed by atoms with Gasteiger partial charge in [0.05, 0.1) is 25.9 Å². The molecule has 1 aromatic carbocycles. The van der Waals surface area contributed by atoms with Crippen molar-refractivity contribution >= 4 is 40.7 Å². The van der Waals surface area contributed by atoms with Crippen LogP contribution in [0, 0.1) is 5.82 Å². The predicted molar refractivity (Wildman–Crippen MR) is 135 cm³/mol. The number of rotatable bonds is 6. The molecule has 3 unspecified atom stereocenters. The van der Waals surface area contributed by atoms with Gasteiger partial charge in [-0.2, -0.15) is 0 Å². The lowest BCUT2D eigenvalue weighted by Crippen LogP contribution is -2.59. The largest absolute Gasteiger partial charge is 0.466 e. The molecule has 1 N–H and O–H groups in total. The van der Waals surface area contributed by atoms with Crippen molar-refractivity contribution in [3.05, 3.63) is 62.5 Å². The molecule has 2 aromatic rings. The number of nitrogens with one attached hydrogen (secondary N) is 1. The van der Waals surface area contributed by atoms with E-state index in [1.54, 1.807) is 6.20 Å². The van der Waals surface area contributed by atoms with Crippen molar-refractivity contribution in [1.82, 2.24) is 15.2 Å². The SMILES string of the molecule is COC(=O)C1=C(CN2C3COCC2CC(OC(C)=O)C3)NC(c2nccs2)=NC1c1ccc(F)cc1Cl. The first-order valence-electron chi connectivity index (χ1n) is 11.9. The zero-order chi connectivity index (χ0) is 26.1. The number of aromatic nitrogens is 1. The van der Waals surface area contributed by atoms with E-state index in [9.17, 15) is 14.0 Å². The average molecular weight is 549 g/mol. The van der Waals surface area contributed by atoms with Gasteiger partial charge >= 0.3 is 11.9 Å². The van der Waals surface area contributed by atoms with E-state index >= 15 is 0 Å². The van der Waals surface area contributed by atoms with Crippen LogP contribution in [0.25, 0.3) is 0 Å². The highest BCUT2D eigenvalue weighted by Gasteiger charge is 2.42. The molecule has 0 radical (unpaired) electrons. The van der Waals surface area contributed by atoms with Gasteiger partial charge in [0.1, 0.15) is 18.0 Å². The fourth-order valence-electron chi connectivity index (χ4n) is 5.18. The molecule has 37 heavy (non-hydrogen) atoms. The van der Waals surface area contributed by atoms with E-state index in [1.807, 2.05) is 5.38 Å². The van der Waals surface area contributed by atoms with Gasteiger partial charge < -0.3 is 19.5 Å². The molecular formula is C25H26ClFN4O5S. The second-order valence-electron chi connectivity index (χ2n) is 9.11. The Bertz CT molecular complexity index is 1240. The minimum atomic E-state index is -0.828. The number of fused-ring (bicyclic) bond motifs is 2. The molecule has 0 aliphatic carbocycles. The van der Waals surface area contributed by atoms with Crippen LogP contribution in [0.5, 0.6) is 0 Å². The molecule has 1 aromatic heterocycles. The van der Waals surface area contributed by atoms with Gasteiger partial charge in [-0.3, -0.25) is 14.7 Å². The number of methoxy groups -OCH3 is 1. The third kappa shape index (κ3) is 5.40. The van der Waals surface area contributed by atoms with Crippen molar-refractivity contribution in [2.75, 3.05) is 26.9 Å². The molecule has 2 saturated heterocycles. The number of nitrogens with zero attached hydrogens (tertiary/aromatic N) is 3. The van der Waals surface area contributed by atoms with Crippen LogP contribution in [0.1, 0.15) is 36.4 Å². The van der Waals surface area contributed by atoms with Crippen molar-refractivity contribution < 1.29 is 28.2 Å². The molecule has 3 atom stereocenters. The first-order chi connectivity index (χ1) is 17.8. The number of amidine groups is 1. The molecular weight excluding hydrogens is 523 g/mol. The molecule has 5 rings (SSSR count). The van der Waals surface area contributed by atoms with Gasteiger partial charge in [0.15, 0.2) is 10.8 Å². The van der Waals surface area contributed by atoms with Crippen molar-refractivity contribution in [2.45, 2.75) is 44.0 Å². The van der Waals surface area contributed by atoms with E-state index in [-0.39, 0.29) is 34.8 Å². The van der Waals surface area contributed by atoms with Crippen LogP contribution in [-0.4, -0.2) is 72.7 Å². The van der Waals surface area contributed by atoms with Crippen molar-refractivity contribution in [3.8, 4) is 0 Å². The first-order valence-corrected chi connectivity index (χ1v) is 13.1. The van der Waals surface area contributed by atoms with Crippen LogP contribution in [0.15, 0.2) is 46.0 Å². The second kappa shape index (κ2) is 10.9. The number of piperidine rings is 1. The minimum Gasteiger partial charge on any atom is -0.466 e. The summed E-state index contributed by atoms with van der Waals surface area (Å²) in [5.74, 6) is -0.866. The summed E-state index contributed by atoms with van der Waals surface area (Å²) in [7, 11) is 1.31. The van der Waals surface area contributed by atoms with Crippen LogP contribution in [0.4, 0.5) is 4.39 Å². The maximum Gasteiger partial charge on any atom is 0.338 e. The van der Waals surface area contributed by atoms with Crippen LogP contribution in [0.2, 0.25) is 5.02 Å². The van der Waals surface area contributed by atoms with E-state index < -0.39 is 17.8 Å². The number of carbonyl (C=O) groups excluding carboxylic acids is 2. The maximum absolute atomic E-state index is 13.9. The van der Waals surface area contributed by atoms with E-state index in [0.29, 0.717) is 54.7 Å². The number of benzene rings is 1. The fourth-order valence-corrected chi connectivity index (χ4v) is 6.04. The zero-order valence-electron chi connectivity index (χ0n) is 20.3. The Balaban J connectivity index is 1.55.